The number of nitrogens with zero attached hydrogens (tertiary/aromatic N) is 1. The van der Waals surface area contributed by atoms with Crippen LogP contribution in [0.15, 0.2) is 21.2 Å². The van der Waals surface area contributed by atoms with Crippen LogP contribution < -0.4 is 11.2 Å². The largest absolute Gasteiger partial charge is 0.414 e. The molecule has 0 bridgehead atoms. The highest BCUT2D eigenvalue weighted by Crippen LogP contribution is 2.49. The predicted molar refractivity (Wildman–Crippen MR) is 139 cm³/mol. The molecule has 10 heteroatoms. The van der Waals surface area contributed by atoms with Gasteiger partial charge in [-0.05, 0) is 42.3 Å². The van der Waals surface area contributed by atoms with Crippen molar-refractivity contribution in [1.29, 1.82) is 0 Å². The highest BCUT2D eigenvalue weighted by Gasteiger charge is 2.56. The number of aliphatic hydroxyl groups is 1. The Morgan fingerprint density at radius 2 is 1.71 bits per heavy atom. The van der Waals surface area contributed by atoms with E-state index >= 15 is 0 Å². The molecule has 0 aromatic carbocycles. The number of fused-ring (bicyclic) bond motifs is 2. The molecule has 3 atom stereocenters. The Kier molecular flexibility index (Phi) is 6.96. The minimum atomic E-state index is -2.19. The van der Waals surface area contributed by atoms with Gasteiger partial charge in [0.05, 0.1) is 25.0 Å². The van der Waals surface area contributed by atoms with E-state index in [0.717, 1.165) is 0 Å². The highest BCUT2D eigenvalue weighted by atomic mass is 28.4. The molecule has 1 aromatic rings. The Morgan fingerprint density at radius 3 is 2.24 bits per heavy atom. The first-order chi connectivity index (χ1) is 15.3. The first-order valence-electron chi connectivity index (χ1n) is 12.0. The average molecular weight is 511 g/mol. The lowest BCUT2D eigenvalue weighted by Gasteiger charge is -2.40. The number of hydrogen-bond acceptors (Lipinski definition) is 6. The SMILES string of the molecule is CC(C)(C)[Si](C)(C)OC[C@H]1O[C@@]2(C[C@@H]1O[Si](C)(C)C(C)(C)C)C(CO)=Cc1cc(=O)[nH]c(=O)n12. The molecule has 1 fully saturated rings. The molecule has 192 valence electrons. The topological polar surface area (TPSA) is 103 Å². The third kappa shape index (κ3) is 4.72. The van der Waals surface area contributed by atoms with Gasteiger partial charge in [-0.2, -0.15) is 0 Å². The lowest BCUT2D eigenvalue weighted by atomic mass is 10.00. The van der Waals surface area contributed by atoms with E-state index in [1.165, 1.54) is 10.6 Å². The van der Waals surface area contributed by atoms with Crippen molar-refractivity contribution in [2.24, 2.45) is 0 Å². The molecule has 2 aliphatic rings. The molecule has 0 saturated carbocycles. The fourth-order valence-corrected chi connectivity index (χ4v) is 6.41. The Hall–Kier alpha value is -1.31. The zero-order valence-corrected chi connectivity index (χ0v) is 24.4. The molecule has 0 aliphatic carbocycles. The molecule has 1 saturated heterocycles. The maximum atomic E-state index is 12.9. The first kappa shape index (κ1) is 27.3. The van der Waals surface area contributed by atoms with Gasteiger partial charge in [0, 0.05) is 18.1 Å². The first-order valence-corrected chi connectivity index (χ1v) is 17.8. The van der Waals surface area contributed by atoms with E-state index in [1.54, 1.807) is 6.08 Å². The molecule has 0 amide bonds. The summed E-state index contributed by atoms with van der Waals surface area (Å²) in [7, 11) is -4.26. The molecule has 8 nitrogen and oxygen atoms in total. The third-order valence-corrected chi connectivity index (χ3v) is 17.2. The molecule has 2 aliphatic heterocycles. The summed E-state index contributed by atoms with van der Waals surface area (Å²) < 4.78 is 21.5. The van der Waals surface area contributed by atoms with Crippen molar-refractivity contribution in [3.8, 4) is 0 Å². The van der Waals surface area contributed by atoms with Crippen LogP contribution >= 0.6 is 0 Å². The van der Waals surface area contributed by atoms with Crippen LogP contribution in [0.1, 0.15) is 53.7 Å². The standard InChI is InChI=1S/C24H42N2O6Si2/c1-22(2,3)33(7,8)30-15-19-18(32-34(9,10)23(4,5)6)13-24(31-19)16(14-27)11-17-12-20(28)25-21(29)26(17)24/h11-12,18-19,27H,13-15H2,1-10H3,(H,25,28,29)/t18-,19+,24-/m0/s1. The Labute approximate surface area is 204 Å². The van der Waals surface area contributed by atoms with Gasteiger partial charge in [-0.15, -0.1) is 0 Å². The van der Waals surface area contributed by atoms with Crippen molar-refractivity contribution in [2.75, 3.05) is 13.2 Å². The summed E-state index contributed by atoms with van der Waals surface area (Å²) in [6.07, 6.45) is 1.28. The molecule has 0 radical (unpaired) electrons. The van der Waals surface area contributed by atoms with Crippen LogP contribution in [-0.2, 0) is 19.3 Å². The number of aliphatic hydroxyl groups excluding tert-OH is 1. The lowest BCUT2D eigenvalue weighted by molar-refractivity contribution is -0.0939. The predicted octanol–water partition coefficient (Wildman–Crippen LogP) is 3.78. The van der Waals surface area contributed by atoms with E-state index in [-0.39, 0.29) is 22.8 Å². The van der Waals surface area contributed by atoms with Crippen LogP contribution in [0.5, 0.6) is 0 Å². The summed E-state index contributed by atoms with van der Waals surface area (Å²) in [6.45, 7) is 21.9. The molecular weight excluding hydrogens is 468 g/mol. The molecule has 3 heterocycles. The van der Waals surface area contributed by atoms with E-state index in [2.05, 4.69) is 72.7 Å². The second-order valence-corrected chi connectivity index (χ2v) is 22.2. The number of aromatic amines is 1. The van der Waals surface area contributed by atoms with Crippen LogP contribution in [-0.4, -0.2) is 56.7 Å². The van der Waals surface area contributed by atoms with E-state index < -0.39 is 39.7 Å². The smallest absolute Gasteiger partial charge is 0.331 e. The Morgan fingerprint density at radius 1 is 1.12 bits per heavy atom. The fraction of sp³-hybridized carbons (Fsp3) is 0.750. The summed E-state index contributed by atoms with van der Waals surface area (Å²) in [6, 6.07) is 1.36. The van der Waals surface area contributed by atoms with Gasteiger partial charge in [-0.1, -0.05) is 41.5 Å². The number of hydrogen-bond donors (Lipinski definition) is 2. The van der Waals surface area contributed by atoms with E-state index in [4.69, 9.17) is 13.6 Å². The quantitative estimate of drug-likeness (QED) is 0.565. The summed E-state index contributed by atoms with van der Waals surface area (Å²) >= 11 is 0. The monoisotopic (exact) mass is 510 g/mol. The van der Waals surface area contributed by atoms with Gasteiger partial charge >= 0.3 is 5.69 Å². The van der Waals surface area contributed by atoms with Gasteiger partial charge < -0.3 is 18.7 Å². The van der Waals surface area contributed by atoms with Crippen LogP contribution in [0.25, 0.3) is 6.08 Å². The van der Waals surface area contributed by atoms with Gasteiger partial charge in [0.15, 0.2) is 22.4 Å². The Bertz CT molecular complexity index is 1080. The number of H-pyrrole nitrogens is 1. The van der Waals surface area contributed by atoms with E-state index in [1.807, 2.05) is 0 Å². The van der Waals surface area contributed by atoms with E-state index in [9.17, 15) is 14.7 Å². The summed E-state index contributed by atoms with van der Waals surface area (Å²) in [4.78, 5) is 27.2. The molecule has 0 unspecified atom stereocenters. The maximum absolute atomic E-state index is 12.9. The average Bonchev–Trinajstić information content (AvgIpc) is 3.15. The van der Waals surface area contributed by atoms with Crippen molar-refractivity contribution in [1.82, 2.24) is 9.55 Å². The second-order valence-electron chi connectivity index (χ2n) is 12.7. The highest BCUT2D eigenvalue weighted by molar-refractivity contribution is 6.74. The maximum Gasteiger partial charge on any atom is 0.331 e. The van der Waals surface area contributed by atoms with Crippen LogP contribution in [0.4, 0.5) is 0 Å². The van der Waals surface area contributed by atoms with Crippen molar-refractivity contribution in [3.05, 3.63) is 38.2 Å². The van der Waals surface area contributed by atoms with Crippen molar-refractivity contribution < 1.29 is 18.7 Å². The van der Waals surface area contributed by atoms with Gasteiger partial charge in [-0.25, -0.2) is 4.79 Å². The van der Waals surface area contributed by atoms with Crippen molar-refractivity contribution in [2.45, 2.75) is 102 Å². The number of rotatable bonds is 6. The van der Waals surface area contributed by atoms with Crippen molar-refractivity contribution in [3.63, 3.8) is 0 Å². The van der Waals surface area contributed by atoms with Gasteiger partial charge in [0.1, 0.15) is 6.10 Å². The minimum Gasteiger partial charge on any atom is -0.414 e. The summed E-state index contributed by atoms with van der Waals surface area (Å²) in [5.41, 5.74) is -1.28. The molecule has 3 rings (SSSR count). The van der Waals surface area contributed by atoms with Crippen LogP contribution in [0.3, 0.4) is 0 Å². The Balaban J connectivity index is 2.04. The third-order valence-electron chi connectivity index (χ3n) is 8.23. The number of aromatic nitrogens is 2. The van der Waals surface area contributed by atoms with Gasteiger partial charge in [0.25, 0.3) is 5.56 Å². The van der Waals surface area contributed by atoms with Gasteiger partial charge in [-0.3, -0.25) is 14.3 Å². The molecule has 34 heavy (non-hydrogen) atoms. The minimum absolute atomic E-state index is 0.0150. The number of nitrogens with one attached hydrogen (secondary N) is 1. The van der Waals surface area contributed by atoms with E-state index in [0.29, 0.717) is 24.3 Å². The zero-order valence-electron chi connectivity index (χ0n) is 22.4. The molecule has 1 aromatic heterocycles. The normalized spacial score (nSPS) is 25.7. The summed E-state index contributed by atoms with van der Waals surface area (Å²) in [5.74, 6) is 0. The molecule has 2 N–H and O–H groups in total. The molecule has 1 spiro atoms. The summed E-state index contributed by atoms with van der Waals surface area (Å²) in [5, 5.41) is 10.2. The zero-order chi connectivity index (χ0) is 25.9. The molecular formula is C24H42N2O6Si2. The van der Waals surface area contributed by atoms with Crippen LogP contribution in [0, 0.1) is 0 Å². The van der Waals surface area contributed by atoms with Gasteiger partial charge in [0.2, 0.25) is 0 Å². The second kappa shape index (κ2) is 8.67. The fourth-order valence-electron chi connectivity index (χ4n) is 4.05. The van der Waals surface area contributed by atoms with Crippen molar-refractivity contribution >= 4 is 22.7 Å². The lowest BCUT2D eigenvalue weighted by Crippen LogP contribution is -2.48. The number of ether oxygens (including phenoxy) is 1. The van der Waals surface area contributed by atoms with Crippen LogP contribution in [0.2, 0.25) is 36.3 Å².